The number of fused-ring (bicyclic) bond motifs is 2. The Morgan fingerprint density at radius 3 is 2.73 bits per heavy atom. The van der Waals surface area contributed by atoms with Crippen LogP contribution in [-0.4, -0.2) is 0 Å². The minimum Gasteiger partial charge on any atom is -0.425 e. The predicted octanol–water partition coefficient (Wildman–Crippen LogP) is 3.91. The Morgan fingerprint density at radius 2 is 2.00 bits per heavy atom. The molecule has 7 heteroatoms. The monoisotopic (exact) mass is 412 g/mol. The van der Waals surface area contributed by atoms with Gasteiger partial charge in [-0.2, -0.15) is 5.26 Å². The minimum absolute atomic E-state index is 0.0596. The maximum Gasteiger partial charge on any atom is 0.300 e. The van der Waals surface area contributed by atoms with E-state index >= 15 is 0 Å². The number of nitrogens with two attached hydrogens (primary N) is 1. The predicted molar refractivity (Wildman–Crippen MR) is 95.9 cm³/mol. The Hall–Kier alpha value is -3.11. The number of rotatable bonds is 1. The lowest BCUT2D eigenvalue weighted by Gasteiger charge is -2.24. The first kappa shape index (κ1) is 16.4. The molecule has 4 rings (SSSR count). The van der Waals surface area contributed by atoms with Gasteiger partial charge in [0.15, 0.2) is 0 Å². The van der Waals surface area contributed by atoms with Gasteiger partial charge >= 0.3 is 0 Å². The van der Waals surface area contributed by atoms with Crippen LogP contribution >= 0.6 is 15.9 Å². The van der Waals surface area contributed by atoms with Crippen molar-refractivity contribution >= 4 is 26.9 Å². The fourth-order valence-electron chi connectivity index (χ4n) is 3.05. The summed E-state index contributed by atoms with van der Waals surface area (Å²) in [6, 6.07) is 13.0. The molecule has 0 fully saturated rings. The first-order valence-corrected chi connectivity index (χ1v) is 8.39. The van der Waals surface area contributed by atoms with Crippen molar-refractivity contribution in [1.29, 1.82) is 5.26 Å². The van der Waals surface area contributed by atoms with E-state index in [0.29, 0.717) is 16.5 Å². The standard InChI is InChI=1S/C19H10BrFN2O3/c20-12-7-9(5-6-13(12)21)15-11(8-22)18(23)26-19-16(15)17(24)10-3-1-2-4-14(10)25-19/h1-7,15H,23H2/t15-/m1/s1. The fraction of sp³-hybridized carbons (Fsp3) is 0.0526. The van der Waals surface area contributed by atoms with Crippen molar-refractivity contribution in [1.82, 2.24) is 0 Å². The number of hydrogen-bond acceptors (Lipinski definition) is 5. The average Bonchev–Trinajstić information content (AvgIpc) is 2.63. The van der Waals surface area contributed by atoms with E-state index in [9.17, 15) is 14.4 Å². The van der Waals surface area contributed by atoms with Crippen LogP contribution in [0.2, 0.25) is 0 Å². The second-order valence-electron chi connectivity index (χ2n) is 5.73. The Balaban J connectivity index is 2.07. The third-order valence-electron chi connectivity index (χ3n) is 4.24. The van der Waals surface area contributed by atoms with Crippen LogP contribution < -0.4 is 15.9 Å². The molecule has 1 aliphatic rings. The molecule has 128 valence electrons. The molecular weight excluding hydrogens is 403 g/mol. The molecule has 1 aliphatic heterocycles. The smallest absolute Gasteiger partial charge is 0.300 e. The van der Waals surface area contributed by atoms with Crippen LogP contribution in [0.4, 0.5) is 4.39 Å². The van der Waals surface area contributed by atoms with E-state index in [4.69, 9.17) is 14.9 Å². The largest absolute Gasteiger partial charge is 0.425 e. The summed E-state index contributed by atoms with van der Waals surface area (Å²) in [5.74, 6) is -1.48. The van der Waals surface area contributed by atoms with Crippen molar-refractivity contribution in [3.8, 4) is 12.0 Å². The summed E-state index contributed by atoms with van der Waals surface area (Å²) in [7, 11) is 0. The summed E-state index contributed by atoms with van der Waals surface area (Å²) in [6.45, 7) is 0. The molecule has 0 amide bonds. The zero-order valence-corrected chi connectivity index (χ0v) is 14.7. The van der Waals surface area contributed by atoms with Crippen LogP contribution in [0.25, 0.3) is 11.0 Å². The molecule has 0 unspecified atom stereocenters. The van der Waals surface area contributed by atoms with Crippen LogP contribution in [0.1, 0.15) is 17.0 Å². The Labute approximate surface area is 155 Å². The van der Waals surface area contributed by atoms with Gasteiger partial charge in [0.1, 0.15) is 23.0 Å². The molecule has 2 aromatic carbocycles. The number of allylic oxidation sites excluding steroid dienone is 1. The normalized spacial score (nSPS) is 16.1. The van der Waals surface area contributed by atoms with Gasteiger partial charge in [-0.25, -0.2) is 4.39 Å². The quantitative estimate of drug-likeness (QED) is 0.654. The number of nitriles is 1. The van der Waals surface area contributed by atoms with Gasteiger partial charge in [0.2, 0.25) is 11.3 Å². The van der Waals surface area contributed by atoms with Crippen molar-refractivity contribution in [2.75, 3.05) is 0 Å². The van der Waals surface area contributed by atoms with E-state index in [2.05, 4.69) is 15.9 Å². The summed E-state index contributed by atoms with van der Waals surface area (Å²) in [4.78, 5) is 13.1. The average molecular weight is 413 g/mol. The molecule has 2 heterocycles. The Bertz CT molecular complexity index is 1190. The lowest BCUT2D eigenvalue weighted by molar-refractivity contribution is 0.296. The molecule has 5 nitrogen and oxygen atoms in total. The zero-order chi connectivity index (χ0) is 18.4. The molecule has 0 spiro atoms. The summed E-state index contributed by atoms with van der Waals surface area (Å²) in [6.07, 6.45) is 0. The summed E-state index contributed by atoms with van der Waals surface area (Å²) < 4.78 is 25.0. The van der Waals surface area contributed by atoms with Gasteiger partial charge in [0, 0.05) is 0 Å². The highest BCUT2D eigenvalue weighted by molar-refractivity contribution is 9.10. The van der Waals surface area contributed by atoms with Crippen molar-refractivity contribution < 1.29 is 13.5 Å². The molecule has 0 saturated carbocycles. The molecule has 0 aliphatic carbocycles. The van der Waals surface area contributed by atoms with Gasteiger partial charge < -0.3 is 14.9 Å². The van der Waals surface area contributed by atoms with Crippen LogP contribution in [0.5, 0.6) is 5.95 Å². The van der Waals surface area contributed by atoms with Gasteiger partial charge in [-0.1, -0.05) is 18.2 Å². The van der Waals surface area contributed by atoms with Crippen molar-refractivity contribution in [2.45, 2.75) is 5.92 Å². The summed E-state index contributed by atoms with van der Waals surface area (Å²) in [5, 5.41) is 9.92. The second kappa shape index (κ2) is 6.00. The molecule has 1 atom stereocenters. The highest BCUT2D eigenvalue weighted by Gasteiger charge is 2.35. The molecule has 26 heavy (non-hydrogen) atoms. The van der Waals surface area contributed by atoms with E-state index in [1.54, 1.807) is 24.3 Å². The van der Waals surface area contributed by atoms with E-state index in [0.717, 1.165) is 0 Å². The first-order chi connectivity index (χ1) is 12.5. The number of ether oxygens (including phenoxy) is 1. The first-order valence-electron chi connectivity index (χ1n) is 7.59. The van der Waals surface area contributed by atoms with Crippen molar-refractivity contribution in [3.63, 3.8) is 0 Å². The van der Waals surface area contributed by atoms with Crippen molar-refractivity contribution in [2.24, 2.45) is 5.73 Å². The summed E-state index contributed by atoms with van der Waals surface area (Å²) >= 11 is 3.13. The van der Waals surface area contributed by atoms with Crippen LogP contribution in [-0.2, 0) is 0 Å². The molecule has 1 aromatic heterocycles. The van der Waals surface area contributed by atoms with Crippen LogP contribution in [0.15, 0.2) is 67.6 Å². The number of nitrogens with zero attached hydrogens (tertiary/aromatic N) is 1. The minimum atomic E-state index is -0.818. The molecule has 0 saturated heterocycles. The lowest BCUT2D eigenvalue weighted by Crippen LogP contribution is -2.26. The van der Waals surface area contributed by atoms with Gasteiger partial charge in [-0.15, -0.1) is 0 Å². The fourth-order valence-corrected chi connectivity index (χ4v) is 3.44. The highest BCUT2D eigenvalue weighted by atomic mass is 79.9. The number of halogens is 2. The maximum atomic E-state index is 13.7. The maximum absolute atomic E-state index is 13.7. The van der Waals surface area contributed by atoms with Crippen LogP contribution in [0, 0.1) is 17.1 Å². The SMILES string of the molecule is N#CC1=C(N)Oc2oc3ccccc3c(=O)c2[C@@H]1c1ccc(F)c(Br)c1. The van der Waals surface area contributed by atoms with Gasteiger partial charge in [0.25, 0.3) is 5.95 Å². The Morgan fingerprint density at radius 1 is 1.23 bits per heavy atom. The van der Waals surface area contributed by atoms with E-state index in [1.807, 2.05) is 6.07 Å². The van der Waals surface area contributed by atoms with E-state index < -0.39 is 11.7 Å². The van der Waals surface area contributed by atoms with Gasteiger partial charge in [-0.05, 0) is 45.8 Å². The molecule has 0 radical (unpaired) electrons. The van der Waals surface area contributed by atoms with Crippen LogP contribution in [0.3, 0.4) is 0 Å². The molecular formula is C19H10BrFN2O3. The van der Waals surface area contributed by atoms with Gasteiger partial charge in [0.05, 0.1) is 21.3 Å². The van der Waals surface area contributed by atoms with E-state index in [1.165, 1.54) is 18.2 Å². The highest BCUT2D eigenvalue weighted by Crippen LogP contribution is 2.42. The summed E-state index contributed by atoms with van der Waals surface area (Å²) in [5.41, 5.74) is 6.65. The second-order valence-corrected chi connectivity index (χ2v) is 6.58. The van der Waals surface area contributed by atoms with Crippen molar-refractivity contribution in [3.05, 3.63) is 85.6 Å². The number of benzene rings is 2. The zero-order valence-electron chi connectivity index (χ0n) is 13.1. The third kappa shape index (κ3) is 2.38. The molecule has 0 bridgehead atoms. The molecule has 2 N–H and O–H groups in total. The number of para-hydroxylation sites is 1. The van der Waals surface area contributed by atoms with Gasteiger partial charge in [-0.3, -0.25) is 4.79 Å². The molecule has 3 aromatic rings. The van der Waals surface area contributed by atoms with E-state index in [-0.39, 0.29) is 32.9 Å². The number of hydrogen-bond donors (Lipinski definition) is 1. The Kier molecular flexibility index (Phi) is 3.78. The topological polar surface area (TPSA) is 89.2 Å². The third-order valence-corrected chi connectivity index (χ3v) is 4.85. The lowest BCUT2D eigenvalue weighted by atomic mass is 9.84.